The van der Waals surface area contributed by atoms with Crippen molar-refractivity contribution in [3.8, 4) is 0 Å². The van der Waals surface area contributed by atoms with Gasteiger partial charge in [-0.05, 0) is 0 Å². The van der Waals surface area contributed by atoms with Crippen LogP contribution in [0.3, 0.4) is 0 Å². The molecule has 0 aliphatic heterocycles. The average molecular weight is 361 g/mol. The summed E-state index contributed by atoms with van der Waals surface area (Å²) in [5.41, 5.74) is 3.04. The molecule has 2 aliphatic carbocycles. The largest absolute Gasteiger partial charge is 1.00 e. The molecule has 2 aliphatic rings. The summed E-state index contributed by atoms with van der Waals surface area (Å²) in [6.45, 7) is 14.0. The van der Waals surface area contributed by atoms with Crippen LogP contribution in [0, 0.1) is 11.8 Å². The summed E-state index contributed by atoms with van der Waals surface area (Å²) in [5.74, 6) is 1.30. The Kier molecular flexibility index (Phi) is 7.78. The Morgan fingerprint density at radius 2 is 1.10 bits per heavy atom. The summed E-state index contributed by atoms with van der Waals surface area (Å²) in [7, 11) is 0. The summed E-state index contributed by atoms with van der Waals surface area (Å²) in [4.78, 5) is 0. The van der Waals surface area contributed by atoms with E-state index in [0.29, 0.717) is 19.3 Å². The van der Waals surface area contributed by atoms with E-state index < -0.39 is 0 Å². The minimum absolute atomic E-state index is 0. The Hall–Kier alpha value is 0.254. The van der Waals surface area contributed by atoms with Gasteiger partial charge in [-0.3, -0.25) is 0 Å². The van der Waals surface area contributed by atoms with Gasteiger partial charge >= 0.3 is 128 Å². The third-order valence-corrected chi connectivity index (χ3v) is 6.70. The molecule has 3 heteroatoms. The van der Waals surface area contributed by atoms with Crippen LogP contribution in [0.4, 0.5) is 0 Å². The van der Waals surface area contributed by atoms with Gasteiger partial charge in [-0.2, -0.15) is 0 Å². The number of halogens is 2. The fourth-order valence-corrected chi connectivity index (χ4v) is 5.96. The van der Waals surface area contributed by atoms with Crippen molar-refractivity contribution < 1.29 is 44.0 Å². The van der Waals surface area contributed by atoms with Crippen molar-refractivity contribution in [2.45, 2.75) is 49.0 Å². The van der Waals surface area contributed by atoms with Crippen molar-refractivity contribution in [2.24, 2.45) is 11.8 Å². The molecule has 0 saturated heterocycles. The van der Waals surface area contributed by atoms with Gasteiger partial charge in [0.1, 0.15) is 0 Å². The van der Waals surface area contributed by atoms with Crippen LogP contribution >= 0.6 is 0 Å². The first kappa shape index (κ1) is 21.3. The predicted octanol–water partition coefficient (Wildman–Crippen LogP) is -0.261. The Balaban J connectivity index is 0.00000200. The zero-order chi connectivity index (χ0) is 14.3. The fraction of sp³-hybridized carbons (Fsp3) is 0.556. The van der Waals surface area contributed by atoms with Gasteiger partial charge < -0.3 is 24.8 Å². The summed E-state index contributed by atoms with van der Waals surface area (Å²) in [5, 5.41) is 0. The standard InChI is InChI=1S/2C9H13.2ClH.Ti/c2*1-7(2)9-5-4-8(3)6-9;;;/h2*4-7H,1-3H3;2*1H;/q;;;;+2/p-2. The van der Waals surface area contributed by atoms with E-state index in [9.17, 15) is 0 Å². The van der Waals surface area contributed by atoms with Crippen LogP contribution in [0.2, 0.25) is 7.44 Å². The molecule has 0 aromatic rings. The summed E-state index contributed by atoms with van der Waals surface area (Å²) in [6, 6.07) is 0. The van der Waals surface area contributed by atoms with E-state index in [4.69, 9.17) is 0 Å². The van der Waals surface area contributed by atoms with Crippen LogP contribution in [-0.2, 0) is 19.2 Å². The van der Waals surface area contributed by atoms with Crippen LogP contribution in [0.5, 0.6) is 0 Å². The summed E-state index contributed by atoms with van der Waals surface area (Å²) < 4.78 is 0.670. The van der Waals surface area contributed by atoms with Gasteiger partial charge in [-0.25, -0.2) is 0 Å². The van der Waals surface area contributed by atoms with Gasteiger partial charge in [0.2, 0.25) is 0 Å². The molecule has 0 aromatic heterocycles. The van der Waals surface area contributed by atoms with E-state index >= 15 is 0 Å². The first-order valence-corrected chi connectivity index (χ1v) is 8.92. The average Bonchev–Trinajstić information content (AvgIpc) is 2.83. The topological polar surface area (TPSA) is 0 Å². The van der Waals surface area contributed by atoms with Crippen LogP contribution in [0.1, 0.15) is 41.5 Å². The van der Waals surface area contributed by atoms with Gasteiger partial charge in [-0.15, -0.1) is 0 Å². The van der Waals surface area contributed by atoms with Crippen molar-refractivity contribution in [3.63, 3.8) is 0 Å². The number of hydrogen-bond donors (Lipinski definition) is 0. The van der Waals surface area contributed by atoms with E-state index in [1.807, 2.05) is 0 Å². The zero-order valence-electron chi connectivity index (χ0n) is 13.9. The molecule has 0 bridgehead atoms. The van der Waals surface area contributed by atoms with Gasteiger partial charge in [-0.1, -0.05) is 0 Å². The fourth-order valence-electron chi connectivity index (χ4n) is 2.88. The molecule has 0 nitrogen and oxygen atoms in total. The van der Waals surface area contributed by atoms with Crippen LogP contribution < -0.4 is 24.8 Å². The first-order chi connectivity index (χ1) is 8.73. The molecule has 0 spiro atoms. The van der Waals surface area contributed by atoms with Gasteiger partial charge in [0.15, 0.2) is 0 Å². The predicted molar refractivity (Wildman–Crippen MR) is 80.9 cm³/mol. The van der Waals surface area contributed by atoms with E-state index in [1.54, 1.807) is 0 Å². The van der Waals surface area contributed by atoms with Crippen LogP contribution in [-0.4, -0.2) is 0 Å². The Morgan fingerprint density at radius 1 is 0.762 bits per heavy atom. The molecular formula is C18H26Cl2Ti. The summed E-state index contributed by atoms with van der Waals surface area (Å²) in [6.07, 6.45) is 14.6. The second-order valence-electron chi connectivity index (χ2n) is 6.96. The normalized spacial score (nSPS) is 29.9. The van der Waals surface area contributed by atoms with Crippen molar-refractivity contribution >= 4 is 0 Å². The first-order valence-electron chi connectivity index (χ1n) is 7.36. The van der Waals surface area contributed by atoms with Crippen molar-refractivity contribution in [3.05, 3.63) is 47.6 Å². The minimum Gasteiger partial charge on any atom is -1.00 e. The molecule has 21 heavy (non-hydrogen) atoms. The monoisotopic (exact) mass is 360 g/mol. The summed E-state index contributed by atoms with van der Waals surface area (Å²) >= 11 is -0.138. The molecule has 0 fully saturated rings. The second kappa shape index (κ2) is 7.69. The SMILES string of the molecule is CC(C)C1=C[C](C)([Ti+2][C]2(C)C=CC(C(C)C)=C2)C=C1.[Cl-].[Cl-]. The maximum atomic E-state index is 2.53. The van der Waals surface area contributed by atoms with Crippen molar-refractivity contribution in [1.82, 2.24) is 0 Å². The molecule has 2 rings (SSSR count). The molecule has 2 atom stereocenters. The Labute approximate surface area is 152 Å². The van der Waals surface area contributed by atoms with Gasteiger partial charge in [0.05, 0.1) is 0 Å². The van der Waals surface area contributed by atoms with E-state index in [0.717, 1.165) is 0 Å². The quantitative estimate of drug-likeness (QED) is 0.606. The second-order valence-corrected chi connectivity index (χ2v) is 10.7. The number of rotatable bonds is 4. The molecule has 0 aromatic carbocycles. The zero-order valence-corrected chi connectivity index (χ0v) is 16.9. The molecule has 0 N–H and O–H groups in total. The third kappa shape index (κ3) is 5.13. The van der Waals surface area contributed by atoms with E-state index in [1.165, 1.54) is 11.1 Å². The number of hydrogen-bond acceptors (Lipinski definition) is 0. The molecule has 116 valence electrons. The molecule has 2 unspecified atom stereocenters. The smallest absolute Gasteiger partial charge is 1.00 e. The molecule has 0 radical (unpaired) electrons. The minimum atomic E-state index is -0.138. The van der Waals surface area contributed by atoms with E-state index in [2.05, 4.69) is 78.0 Å². The Morgan fingerprint density at radius 3 is 1.33 bits per heavy atom. The maximum Gasteiger partial charge on any atom is -1.00 e. The molecule has 0 heterocycles. The van der Waals surface area contributed by atoms with Crippen molar-refractivity contribution in [1.29, 1.82) is 0 Å². The third-order valence-electron chi connectivity index (χ3n) is 4.05. The van der Waals surface area contributed by atoms with Gasteiger partial charge in [0.25, 0.3) is 0 Å². The van der Waals surface area contributed by atoms with Crippen LogP contribution in [0.25, 0.3) is 0 Å². The van der Waals surface area contributed by atoms with E-state index in [-0.39, 0.29) is 44.0 Å². The van der Waals surface area contributed by atoms with Crippen molar-refractivity contribution in [2.75, 3.05) is 0 Å². The molecule has 0 saturated carbocycles. The van der Waals surface area contributed by atoms with Crippen LogP contribution in [0.15, 0.2) is 47.6 Å². The maximum absolute atomic E-state index is 2.53. The van der Waals surface area contributed by atoms with Gasteiger partial charge in [0, 0.05) is 0 Å². The number of allylic oxidation sites excluding steroid dienone is 8. The molecule has 0 amide bonds. The molecular weight excluding hydrogens is 335 g/mol. The Bertz CT molecular complexity index is 441.